The van der Waals surface area contributed by atoms with Crippen molar-refractivity contribution >= 4 is 27.3 Å². The Balaban J connectivity index is 2.30. The van der Waals surface area contributed by atoms with Gasteiger partial charge in [-0.2, -0.15) is 0 Å². The monoisotopic (exact) mass is 282 g/mol. The van der Waals surface area contributed by atoms with E-state index >= 15 is 0 Å². The maximum absolute atomic E-state index is 12.0. The van der Waals surface area contributed by atoms with E-state index in [2.05, 4.69) is 9.71 Å². The summed E-state index contributed by atoms with van der Waals surface area (Å²) in [4.78, 5) is 3.83. The first-order valence-corrected chi connectivity index (χ1v) is 7.04. The molecule has 1 aromatic carbocycles. The summed E-state index contributed by atoms with van der Waals surface area (Å²) in [7, 11) is -3.62. The first-order valence-electron chi connectivity index (χ1n) is 5.18. The average Bonchev–Trinajstić information content (AvgIpc) is 2.32. The second-order valence-corrected chi connectivity index (χ2v) is 5.86. The van der Waals surface area contributed by atoms with Crippen LogP contribution in [0.5, 0.6) is 0 Å². The van der Waals surface area contributed by atoms with Crippen molar-refractivity contribution in [3.8, 4) is 0 Å². The Morgan fingerprint density at radius 2 is 1.83 bits per heavy atom. The highest BCUT2D eigenvalue weighted by molar-refractivity contribution is 7.92. The number of hydrogen-bond acceptors (Lipinski definition) is 3. The molecule has 0 bridgehead atoms. The van der Waals surface area contributed by atoms with Crippen molar-refractivity contribution in [2.75, 3.05) is 4.72 Å². The zero-order chi connectivity index (χ0) is 13.2. The van der Waals surface area contributed by atoms with Gasteiger partial charge in [0.15, 0.2) is 0 Å². The van der Waals surface area contributed by atoms with E-state index in [9.17, 15) is 8.42 Å². The molecule has 4 nitrogen and oxygen atoms in total. The van der Waals surface area contributed by atoms with E-state index < -0.39 is 10.0 Å². The maximum Gasteiger partial charge on any atom is 0.262 e. The lowest BCUT2D eigenvalue weighted by Crippen LogP contribution is -2.12. The molecule has 1 N–H and O–H groups in total. The number of rotatable bonds is 3. The van der Waals surface area contributed by atoms with Crippen LogP contribution in [0.1, 0.15) is 5.56 Å². The lowest BCUT2D eigenvalue weighted by Gasteiger charge is -2.08. The fourth-order valence-corrected chi connectivity index (χ4v) is 2.70. The minimum Gasteiger partial charge on any atom is -0.280 e. The molecule has 0 aliphatic heterocycles. The van der Waals surface area contributed by atoms with Gasteiger partial charge in [0.1, 0.15) is 5.15 Å². The number of benzene rings is 1. The molecule has 18 heavy (non-hydrogen) atoms. The highest BCUT2D eigenvalue weighted by Crippen LogP contribution is 2.18. The van der Waals surface area contributed by atoms with Gasteiger partial charge in [0.2, 0.25) is 0 Å². The third-order valence-corrected chi connectivity index (χ3v) is 3.90. The molecule has 0 aliphatic carbocycles. The van der Waals surface area contributed by atoms with Crippen molar-refractivity contribution in [1.29, 1.82) is 0 Å². The van der Waals surface area contributed by atoms with Gasteiger partial charge in [-0.1, -0.05) is 29.3 Å². The predicted molar refractivity (Wildman–Crippen MR) is 71.2 cm³/mol. The quantitative estimate of drug-likeness (QED) is 0.881. The highest BCUT2D eigenvalue weighted by Gasteiger charge is 2.14. The third kappa shape index (κ3) is 3.00. The number of nitrogens with one attached hydrogen (secondary N) is 1. The minimum absolute atomic E-state index is 0.0862. The van der Waals surface area contributed by atoms with Gasteiger partial charge >= 0.3 is 0 Å². The molecule has 0 atom stereocenters. The van der Waals surface area contributed by atoms with E-state index in [1.165, 1.54) is 18.3 Å². The number of aromatic nitrogens is 1. The zero-order valence-corrected chi connectivity index (χ0v) is 11.2. The van der Waals surface area contributed by atoms with E-state index in [1.807, 2.05) is 19.1 Å². The van der Waals surface area contributed by atoms with Crippen LogP contribution in [0.25, 0.3) is 0 Å². The average molecular weight is 283 g/mol. The molecule has 2 rings (SSSR count). The predicted octanol–water partition coefficient (Wildman–Crippen LogP) is 2.84. The molecule has 0 fully saturated rings. The second-order valence-electron chi connectivity index (χ2n) is 3.79. The van der Waals surface area contributed by atoms with Crippen LogP contribution in [0, 0.1) is 6.92 Å². The highest BCUT2D eigenvalue weighted by atomic mass is 35.5. The van der Waals surface area contributed by atoms with Gasteiger partial charge in [-0.05, 0) is 31.2 Å². The molecule has 0 aliphatic rings. The smallest absolute Gasteiger partial charge is 0.262 e. The molecule has 2 aromatic rings. The number of hydrogen-bond donors (Lipinski definition) is 1. The standard InChI is InChI=1S/C12H11ClN2O2S/c1-9-2-4-10(5-3-9)15-18(16,17)11-6-7-14-12(13)8-11/h2-8,15H,1H3. The molecular weight excluding hydrogens is 272 g/mol. The van der Waals surface area contributed by atoms with Gasteiger partial charge in [-0.15, -0.1) is 0 Å². The number of anilines is 1. The molecule has 1 aromatic heterocycles. The first kappa shape index (κ1) is 12.9. The molecule has 94 valence electrons. The van der Waals surface area contributed by atoms with Gasteiger partial charge in [0.25, 0.3) is 10.0 Å². The summed E-state index contributed by atoms with van der Waals surface area (Å²) in [5.41, 5.74) is 1.57. The second kappa shape index (κ2) is 4.96. The van der Waals surface area contributed by atoms with Gasteiger partial charge in [0.05, 0.1) is 4.90 Å². The van der Waals surface area contributed by atoms with Crippen LogP contribution < -0.4 is 4.72 Å². The van der Waals surface area contributed by atoms with Crippen LogP contribution >= 0.6 is 11.6 Å². The number of nitrogens with zero attached hydrogens (tertiary/aromatic N) is 1. The Morgan fingerprint density at radius 1 is 1.17 bits per heavy atom. The molecule has 6 heteroatoms. The van der Waals surface area contributed by atoms with E-state index in [0.717, 1.165) is 5.56 Å². The van der Waals surface area contributed by atoms with Crippen molar-refractivity contribution in [3.05, 3.63) is 53.3 Å². The van der Waals surface area contributed by atoms with Crippen LogP contribution in [0.15, 0.2) is 47.5 Å². The minimum atomic E-state index is -3.62. The Bertz CT molecular complexity index is 654. The van der Waals surface area contributed by atoms with Gasteiger partial charge in [0, 0.05) is 11.9 Å². The molecule has 0 spiro atoms. The number of halogens is 1. The van der Waals surface area contributed by atoms with Crippen molar-refractivity contribution < 1.29 is 8.42 Å². The van der Waals surface area contributed by atoms with Gasteiger partial charge in [-0.25, -0.2) is 13.4 Å². The molecule has 0 saturated carbocycles. The summed E-state index contributed by atoms with van der Waals surface area (Å²) in [6.07, 6.45) is 1.35. The normalized spacial score (nSPS) is 11.2. The van der Waals surface area contributed by atoms with Crippen molar-refractivity contribution in [1.82, 2.24) is 4.98 Å². The maximum atomic E-state index is 12.0. The van der Waals surface area contributed by atoms with Crippen molar-refractivity contribution in [2.45, 2.75) is 11.8 Å². The van der Waals surface area contributed by atoms with E-state index in [4.69, 9.17) is 11.6 Å². The van der Waals surface area contributed by atoms with Crippen LogP contribution in [-0.2, 0) is 10.0 Å². The van der Waals surface area contributed by atoms with Gasteiger partial charge in [-0.3, -0.25) is 4.72 Å². The lowest BCUT2D eigenvalue weighted by molar-refractivity contribution is 0.601. The van der Waals surface area contributed by atoms with Crippen LogP contribution in [0.4, 0.5) is 5.69 Å². The molecule has 0 radical (unpaired) electrons. The Morgan fingerprint density at radius 3 is 2.44 bits per heavy atom. The van der Waals surface area contributed by atoms with Crippen LogP contribution in [0.3, 0.4) is 0 Å². The Hall–Kier alpha value is -1.59. The van der Waals surface area contributed by atoms with Crippen molar-refractivity contribution in [2.24, 2.45) is 0 Å². The number of aryl methyl sites for hydroxylation is 1. The zero-order valence-electron chi connectivity index (χ0n) is 9.59. The summed E-state index contributed by atoms with van der Waals surface area (Å²) in [6, 6.07) is 9.76. The third-order valence-electron chi connectivity index (χ3n) is 2.31. The van der Waals surface area contributed by atoms with E-state index in [0.29, 0.717) is 5.69 Å². The summed E-state index contributed by atoms with van der Waals surface area (Å²) < 4.78 is 26.6. The molecule has 0 amide bonds. The SMILES string of the molecule is Cc1ccc(NS(=O)(=O)c2ccnc(Cl)c2)cc1. The first-order chi connectivity index (χ1) is 8.47. The lowest BCUT2D eigenvalue weighted by atomic mass is 10.2. The fraction of sp³-hybridized carbons (Fsp3) is 0.0833. The summed E-state index contributed by atoms with van der Waals surface area (Å²) >= 11 is 5.67. The van der Waals surface area contributed by atoms with Crippen LogP contribution in [0.2, 0.25) is 5.15 Å². The summed E-state index contributed by atoms with van der Waals surface area (Å²) in [6.45, 7) is 1.93. The Kier molecular flexibility index (Phi) is 3.54. The summed E-state index contributed by atoms with van der Waals surface area (Å²) in [5.74, 6) is 0. The number of sulfonamides is 1. The Labute approximate surface area is 111 Å². The fourth-order valence-electron chi connectivity index (χ4n) is 1.39. The molecule has 1 heterocycles. The van der Waals surface area contributed by atoms with Crippen LogP contribution in [-0.4, -0.2) is 13.4 Å². The topological polar surface area (TPSA) is 59.1 Å². The van der Waals surface area contributed by atoms with Gasteiger partial charge < -0.3 is 0 Å². The largest absolute Gasteiger partial charge is 0.280 e. The molecule has 0 unspecified atom stereocenters. The number of pyridine rings is 1. The summed E-state index contributed by atoms with van der Waals surface area (Å²) in [5, 5.41) is 0.141. The molecule has 0 saturated heterocycles. The van der Waals surface area contributed by atoms with Crippen molar-refractivity contribution in [3.63, 3.8) is 0 Å². The molecular formula is C12H11ClN2O2S. The van der Waals surface area contributed by atoms with E-state index in [1.54, 1.807) is 12.1 Å². The van der Waals surface area contributed by atoms with E-state index in [-0.39, 0.29) is 10.0 Å².